The fourth-order valence-corrected chi connectivity index (χ4v) is 2.44. The van der Waals surface area contributed by atoms with Crippen LogP contribution in [0.15, 0.2) is 40.7 Å². The van der Waals surface area contributed by atoms with Crippen LogP contribution in [0.2, 0.25) is 0 Å². The highest BCUT2D eigenvalue weighted by Crippen LogP contribution is 2.20. The van der Waals surface area contributed by atoms with Gasteiger partial charge in [0.2, 0.25) is 5.91 Å². The Morgan fingerprint density at radius 1 is 1.38 bits per heavy atom. The largest absolute Gasteiger partial charge is 0.358 e. The summed E-state index contributed by atoms with van der Waals surface area (Å²) in [5.41, 5.74) is 2.00. The number of aliphatic imine (C=N–C) groups is 1. The van der Waals surface area contributed by atoms with Crippen LogP contribution < -0.4 is 16.0 Å². The van der Waals surface area contributed by atoms with Crippen LogP contribution in [0.4, 0.5) is 4.39 Å². The minimum atomic E-state index is -0.277. The lowest BCUT2D eigenvalue weighted by molar-refractivity contribution is -0.123. The molecule has 2 aliphatic rings. The SMILES string of the molecule is O=C(NCc1ccc(F)cc1)C1C=NC2=C(CNCN2)C1. The molecule has 2 aliphatic heterocycles. The monoisotopic (exact) mass is 288 g/mol. The first-order valence-electron chi connectivity index (χ1n) is 6.95. The highest BCUT2D eigenvalue weighted by Gasteiger charge is 2.24. The summed E-state index contributed by atoms with van der Waals surface area (Å²) in [5.74, 6) is 0.309. The Morgan fingerprint density at radius 2 is 2.19 bits per heavy atom. The highest BCUT2D eigenvalue weighted by atomic mass is 19.1. The third-order valence-corrected chi connectivity index (χ3v) is 3.62. The second-order valence-corrected chi connectivity index (χ2v) is 5.17. The van der Waals surface area contributed by atoms with Gasteiger partial charge in [-0.2, -0.15) is 0 Å². The molecule has 2 heterocycles. The summed E-state index contributed by atoms with van der Waals surface area (Å²) < 4.78 is 12.8. The van der Waals surface area contributed by atoms with Crippen molar-refractivity contribution in [1.82, 2.24) is 16.0 Å². The van der Waals surface area contributed by atoms with Gasteiger partial charge in [0.15, 0.2) is 0 Å². The molecule has 1 aromatic carbocycles. The van der Waals surface area contributed by atoms with Crippen molar-refractivity contribution in [3.8, 4) is 0 Å². The van der Waals surface area contributed by atoms with E-state index < -0.39 is 0 Å². The molecule has 0 fully saturated rings. The number of nitrogens with zero attached hydrogens (tertiary/aromatic N) is 1. The molecule has 21 heavy (non-hydrogen) atoms. The zero-order valence-electron chi connectivity index (χ0n) is 11.5. The summed E-state index contributed by atoms with van der Waals surface area (Å²) in [6.45, 7) is 1.87. The van der Waals surface area contributed by atoms with Crippen molar-refractivity contribution in [3.63, 3.8) is 0 Å². The Morgan fingerprint density at radius 3 is 3.00 bits per heavy atom. The fourth-order valence-electron chi connectivity index (χ4n) is 2.44. The maximum absolute atomic E-state index is 12.8. The quantitative estimate of drug-likeness (QED) is 0.774. The molecule has 0 radical (unpaired) electrons. The van der Waals surface area contributed by atoms with Gasteiger partial charge in [-0.15, -0.1) is 0 Å². The van der Waals surface area contributed by atoms with Gasteiger partial charge in [-0.3, -0.25) is 10.1 Å². The van der Waals surface area contributed by atoms with Gasteiger partial charge in [0, 0.05) is 19.3 Å². The molecular weight excluding hydrogens is 271 g/mol. The average molecular weight is 288 g/mol. The number of hydrogen-bond donors (Lipinski definition) is 3. The summed E-state index contributed by atoms with van der Waals surface area (Å²) in [5, 5.41) is 9.21. The van der Waals surface area contributed by atoms with E-state index in [2.05, 4.69) is 20.9 Å². The van der Waals surface area contributed by atoms with Gasteiger partial charge in [-0.25, -0.2) is 9.38 Å². The number of carbonyl (C=O) groups excluding carboxylic acids is 1. The van der Waals surface area contributed by atoms with Crippen molar-refractivity contribution < 1.29 is 9.18 Å². The van der Waals surface area contributed by atoms with Crippen molar-refractivity contribution >= 4 is 12.1 Å². The molecule has 1 amide bonds. The van der Waals surface area contributed by atoms with E-state index in [0.29, 0.717) is 19.6 Å². The van der Waals surface area contributed by atoms with E-state index in [9.17, 15) is 9.18 Å². The third kappa shape index (κ3) is 3.28. The number of amides is 1. The van der Waals surface area contributed by atoms with Crippen LogP contribution in [0.3, 0.4) is 0 Å². The highest BCUT2D eigenvalue weighted by molar-refractivity contribution is 5.94. The Hall–Kier alpha value is -2.21. The van der Waals surface area contributed by atoms with Gasteiger partial charge >= 0.3 is 0 Å². The summed E-state index contributed by atoms with van der Waals surface area (Å²) >= 11 is 0. The topological polar surface area (TPSA) is 65.5 Å². The molecule has 1 aromatic rings. The zero-order valence-corrected chi connectivity index (χ0v) is 11.5. The number of rotatable bonds is 3. The first-order valence-corrected chi connectivity index (χ1v) is 6.95. The Labute approximate surface area is 122 Å². The van der Waals surface area contributed by atoms with Crippen molar-refractivity contribution in [2.45, 2.75) is 13.0 Å². The van der Waals surface area contributed by atoms with Crippen LogP contribution in [0, 0.1) is 11.7 Å². The van der Waals surface area contributed by atoms with Crippen LogP contribution in [-0.4, -0.2) is 25.3 Å². The maximum atomic E-state index is 12.8. The molecule has 3 N–H and O–H groups in total. The Kier molecular flexibility index (Phi) is 3.96. The number of carbonyl (C=O) groups is 1. The van der Waals surface area contributed by atoms with E-state index in [-0.39, 0.29) is 17.6 Å². The minimum absolute atomic E-state index is 0.0554. The molecule has 0 spiro atoms. The van der Waals surface area contributed by atoms with Crippen LogP contribution in [0.25, 0.3) is 0 Å². The Bertz CT molecular complexity index is 594. The molecule has 110 valence electrons. The normalized spacial score (nSPS) is 20.7. The van der Waals surface area contributed by atoms with Gasteiger partial charge in [0.25, 0.3) is 0 Å². The van der Waals surface area contributed by atoms with Crippen molar-refractivity contribution in [2.24, 2.45) is 10.9 Å². The molecule has 0 saturated heterocycles. The van der Waals surface area contributed by atoms with Crippen molar-refractivity contribution in [1.29, 1.82) is 0 Å². The summed E-state index contributed by atoms with van der Waals surface area (Å²) in [7, 11) is 0. The number of halogens is 1. The molecule has 1 atom stereocenters. The van der Waals surface area contributed by atoms with Gasteiger partial charge in [-0.1, -0.05) is 12.1 Å². The van der Waals surface area contributed by atoms with E-state index in [1.54, 1.807) is 18.3 Å². The summed E-state index contributed by atoms with van der Waals surface area (Å²) in [6, 6.07) is 6.11. The zero-order chi connectivity index (χ0) is 14.7. The standard InChI is InChI=1S/C15H17FN4O/c16-13-3-1-10(2-4-13)6-19-15(21)12-5-11-7-17-9-20-14(11)18-8-12/h1-4,8,12,17,20H,5-7,9H2,(H,19,21). The van der Waals surface area contributed by atoms with E-state index in [4.69, 9.17) is 0 Å². The first-order chi connectivity index (χ1) is 10.2. The van der Waals surface area contributed by atoms with Crippen LogP contribution in [-0.2, 0) is 11.3 Å². The van der Waals surface area contributed by atoms with E-state index >= 15 is 0 Å². The predicted molar refractivity (Wildman–Crippen MR) is 77.9 cm³/mol. The molecular formula is C15H17FN4O. The molecule has 0 bridgehead atoms. The number of nitrogens with one attached hydrogen (secondary N) is 3. The number of hydrogen-bond acceptors (Lipinski definition) is 4. The van der Waals surface area contributed by atoms with Gasteiger partial charge < -0.3 is 10.6 Å². The van der Waals surface area contributed by atoms with Crippen molar-refractivity contribution in [3.05, 3.63) is 47.0 Å². The minimum Gasteiger partial charge on any atom is -0.358 e. The summed E-state index contributed by atoms with van der Waals surface area (Å²) in [6.07, 6.45) is 2.37. The molecule has 6 heteroatoms. The molecule has 0 aliphatic carbocycles. The first kappa shape index (κ1) is 13.8. The maximum Gasteiger partial charge on any atom is 0.229 e. The second kappa shape index (κ2) is 6.05. The molecule has 0 saturated carbocycles. The van der Waals surface area contributed by atoms with Crippen LogP contribution >= 0.6 is 0 Å². The Balaban J connectivity index is 1.56. The third-order valence-electron chi connectivity index (χ3n) is 3.62. The van der Waals surface area contributed by atoms with Crippen LogP contribution in [0.5, 0.6) is 0 Å². The van der Waals surface area contributed by atoms with E-state index in [1.807, 2.05) is 0 Å². The number of benzene rings is 1. The van der Waals surface area contributed by atoms with Gasteiger partial charge in [-0.05, 0) is 29.7 Å². The predicted octanol–water partition coefficient (Wildman–Crippen LogP) is 0.894. The van der Waals surface area contributed by atoms with E-state index in [0.717, 1.165) is 23.5 Å². The van der Waals surface area contributed by atoms with E-state index in [1.165, 1.54) is 12.1 Å². The fraction of sp³-hybridized carbons (Fsp3) is 0.333. The van der Waals surface area contributed by atoms with Gasteiger partial charge in [0.1, 0.15) is 11.6 Å². The smallest absolute Gasteiger partial charge is 0.229 e. The van der Waals surface area contributed by atoms with Crippen molar-refractivity contribution in [2.75, 3.05) is 13.2 Å². The molecule has 3 rings (SSSR count). The lowest BCUT2D eigenvalue weighted by Crippen LogP contribution is -2.40. The average Bonchev–Trinajstić information content (AvgIpc) is 2.53. The summed E-state index contributed by atoms with van der Waals surface area (Å²) in [4.78, 5) is 16.5. The molecule has 0 aromatic heterocycles. The lowest BCUT2D eigenvalue weighted by atomic mass is 9.96. The van der Waals surface area contributed by atoms with Crippen LogP contribution in [0.1, 0.15) is 12.0 Å². The molecule has 1 unspecified atom stereocenters. The molecule has 5 nitrogen and oxygen atoms in total. The van der Waals surface area contributed by atoms with Gasteiger partial charge in [0.05, 0.1) is 12.6 Å². The lowest BCUT2D eigenvalue weighted by Gasteiger charge is -2.26. The second-order valence-electron chi connectivity index (χ2n) is 5.17.